The van der Waals surface area contributed by atoms with Crippen LogP contribution in [0.4, 0.5) is 32.0 Å². The summed E-state index contributed by atoms with van der Waals surface area (Å²) in [5, 5.41) is 0. The highest BCUT2D eigenvalue weighted by molar-refractivity contribution is 7.93. The first kappa shape index (κ1) is 18.1. The Morgan fingerprint density at radius 3 is 2.09 bits per heavy atom. The van der Waals surface area contributed by atoms with Gasteiger partial charge >= 0.3 is 27.7 Å². The van der Waals surface area contributed by atoms with Crippen LogP contribution in [0.3, 0.4) is 0 Å². The van der Waals surface area contributed by atoms with E-state index in [-0.39, 0.29) is 6.07 Å². The van der Waals surface area contributed by atoms with Crippen LogP contribution in [-0.4, -0.2) is 27.0 Å². The topological polar surface area (TPSA) is 72.5 Å². The third-order valence-electron chi connectivity index (χ3n) is 2.30. The molecule has 0 fully saturated rings. The van der Waals surface area contributed by atoms with E-state index >= 15 is 0 Å². The number of nitrogens with one attached hydrogen (secondary N) is 1. The summed E-state index contributed by atoms with van der Waals surface area (Å²) in [6.07, 6.45) is -4.88. The predicted octanol–water partition coefficient (Wildman–Crippen LogP) is 2.75. The number of anilines is 1. The van der Waals surface area contributed by atoms with Crippen molar-refractivity contribution in [1.82, 2.24) is 0 Å². The molecule has 0 unspecified atom stereocenters. The van der Waals surface area contributed by atoms with Crippen molar-refractivity contribution in [3.63, 3.8) is 0 Å². The average Bonchev–Trinajstić information content (AvgIpc) is 2.35. The van der Waals surface area contributed by atoms with E-state index < -0.39 is 44.5 Å². The molecule has 1 rings (SSSR count). The minimum atomic E-state index is -5.90. The fourth-order valence-electron chi connectivity index (χ4n) is 1.29. The van der Waals surface area contributed by atoms with E-state index in [0.717, 1.165) is 11.8 Å². The van der Waals surface area contributed by atoms with E-state index in [4.69, 9.17) is 0 Å². The summed E-state index contributed by atoms with van der Waals surface area (Å²) in [6, 6.07) is 0.888. The fourth-order valence-corrected chi connectivity index (χ4v) is 1.87. The molecule has 1 aromatic rings. The highest BCUT2D eigenvalue weighted by Gasteiger charge is 2.46. The maximum absolute atomic E-state index is 12.5. The van der Waals surface area contributed by atoms with Crippen molar-refractivity contribution >= 4 is 21.7 Å². The van der Waals surface area contributed by atoms with Gasteiger partial charge in [-0.3, -0.25) is 4.72 Å². The Morgan fingerprint density at radius 1 is 1.14 bits per heavy atom. The molecule has 0 bridgehead atoms. The van der Waals surface area contributed by atoms with Gasteiger partial charge in [-0.2, -0.15) is 34.8 Å². The maximum atomic E-state index is 12.5. The van der Waals surface area contributed by atoms with E-state index in [1.54, 1.807) is 0 Å². The molecule has 1 aromatic carbocycles. The summed E-state index contributed by atoms with van der Waals surface area (Å²) in [4.78, 5) is 11.3. The number of ether oxygens (including phenoxy) is 1. The molecule has 0 aliphatic carbocycles. The molecule has 124 valence electrons. The van der Waals surface area contributed by atoms with Crippen molar-refractivity contribution in [3.05, 3.63) is 29.3 Å². The van der Waals surface area contributed by atoms with Gasteiger partial charge < -0.3 is 4.74 Å². The Morgan fingerprint density at radius 2 is 1.68 bits per heavy atom. The lowest BCUT2D eigenvalue weighted by Crippen LogP contribution is -2.30. The molecule has 0 aromatic heterocycles. The number of hydrogen-bond donors (Lipinski definition) is 1. The van der Waals surface area contributed by atoms with Crippen molar-refractivity contribution < 1.29 is 44.3 Å². The zero-order valence-corrected chi connectivity index (χ0v) is 11.4. The molecule has 0 aliphatic heterocycles. The molecule has 22 heavy (non-hydrogen) atoms. The van der Waals surface area contributed by atoms with Crippen LogP contribution in [0, 0.1) is 0 Å². The smallest absolute Gasteiger partial charge is 0.465 e. The number of esters is 1. The van der Waals surface area contributed by atoms with Crippen LogP contribution in [-0.2, 0) is 20.9 Å². The number of halogens is 6. The number of carbonyl (C=O) groups excluding carboxylic acids is 1. The van der Waals surface area contributed by atoms with Gasteiger partial charge in [0, 0.05) is 0 Å². The summed E-state index contributed by atoms with van der Waals surface area (Å²) in [5.41, 5.74) is -9.06. The summed E-state index contributed by atoms with van der Waals surface area (Å²) >= 11 is 0. The normalized spacial score (nSPS) is 12.9. The molecule has 5 nitrogen and oxygen atoms in total. The number of benzene rings is 1. The second-order valence-corrected chi connectivity index (χ2v) is 5.47. The number of sulfonamides is 1. The molecule has 0 saturated heterocycles. The van der Waals surface area contributed by atoms with Crippen LogP contribution in [0.2, 0.25) is 0 Å². The first-order valence-corrected chi connectivity index (χ1v) is 6.66. The molecule has 0 heterocycles. The van der Waals surface area contributed by atoms with Crippen molar-refractivity contribution in [3.8, 4) is 0 Å². The largest absolute Gasteiger partial charge is 0.516 e. The average molecular weight is 351 g/mol. The lowest BCUT2D eigenvalue weighted by atomic mass is 10.1. The van der Waals surface area contributed by atoms with Crippen molar-refractivity contribution in [2.75, 3.05) is 11.8 Å². The number of rotatable bonds is 3. The molecule has 0 saturated carbocycles. The van der Waals surface area contributed by atoms with Crippen LogP contribution in [0.5, 0.6) is 0 Å². The van der Waals surface area contributed by atoms with E-state index in [1.807, 2.05) is 0 Å². The Bertz CT molecular complexity index is 680. The van der Waals surface area contributed by atoms with Gasteiger partial charge in [0.1, 0.15) is 0 Å². The molecule has 0 atom stereocenters. The first-order valence-electron chi connectivity index (χ1n) is 5.18. The van der Waals surface area contributed by atoms with Crippen molar-refractivity contribution in [1.29, 1.82) is 0 Å². The number of carbonyl (C=O) groups is 1. The van der Waals surface area contributed by atoms with Gasteiger partial charge in [0.15, 0.2) is 0 Å². The Kier molecular flexibility index (Phi) is 4.65. The molecule has 1 N–H and O–H groups in total. The van der Waals surface area contributed by atoms with Gasteiger partial charge in [-0.05, 0) is 18.2 Å². The molecular formula is C10H7F6NO4S. The van der Waals surface area contributed by atoms with Gasteiger partial charge in [0.2, 0.25) is 0 Å². The highest BCUT2D eigenvalue weighted by Crippen LogP contribution is 2.33. The predicted molar refractivity (Wildman–Crippen MR) is 61.4 cm³/mol. The van der Waals surface area contributed by atoms with E-state index in [0.29, 0.717) is 12.1 Å². The summed E-state index contributed by atoms with van der Waals surface area (Å²) in [5.74, 6) is -1.44. The molecule has 12 heteroatoms. The van der Waals surface area contributed by atoms with Gasteiger partial charge in [-0.25, -0.2) is 4.79 Å². The lowest BCUT2D eigenvalue weighted by molar-refractivity contribution is -0.137. The highest BCUT2D eigenvalue weighted by atomic mass is 32.2. The molecule has 0 radical (unpaired) electrons. The Balaban J connectivity index is 3.41. The van der Waals surface area contributed by atoms with E-state index in [2.05, 4.69) is 4.74 Å². The molecular weight excluding hydrogens is 344 g/mol. The lowest BCUT2D eigenvalue weighted by Gasteiger charge is -2.15. The maximum Gasteiger partial charge on any atom is 0.516 e. The summed E-state index contributed by atoms with van der Waals surface area (Å²) < 4.78 is 101. The Hall–Kier alpha value is -1.98. The summed E-state index contributed by atoms with van der Waals surface area (Å²) in [6.45, 7) is 0. The van der Waals surface area contributed by atoms with Crippen LogP contribution < -0.4 is 4.72 Å². The fraction of sp³-hybridized carbons (Fsp3) is 0.300. The zero-order valence-electron chi connectivity index (χ0n) is 10.5. The minimum Gasteiger partial charge on any atom is -0.465 e. The van der Waals surface area contributed by atoms with Gasteiger partial charge in [-0.1, -0.05) is 0 Å². The van der Waals surface area contributed by atoms with Gasteiger partial charge in [-0.15, -0.1) is 0 Å². The zero-order chi connectivity index (χ0) is 17.3. The SMILES string of the molecule is COC(=O)c1cc(C(F)(F)F)ccc1NS(=O)(=O)C(F)(F)F. The number of methoxy groups -OCH3 is 1. The van der Waals surface area contributed by atoms with Crippen LogP contribution in [0.1, 0.15) is 15.9 Å². The third-order valence-corrected chi connectivity index (χ3v) is 3.40. The van der Waals surface area contributed by atoms with Crippen molar-refractivity contribution in [2.24, 2.45) is 0 Å². The second kappa shape index (κ2) is 5.66. The second-order valence-electron chi connectivity index (χ2n) is 3.80. The minimum absolute atomic E-state index is 0.181. The monoisotopic (exact) mass is 351 g/mol. The summed E-state index contributed by atoms with van der Waals surface area (Å²) in [7, 11) is -5.13. The van der Waals surface area contributed by atoms with Crippen molar-refractivity contribution in [2.45, 2.75) is 11.7 Å². The molecule has 0 amide bonds. The van der Waals surface area contributed by atoms with E-state index in [9.17, 15) is 39.6 Å². The number of alkyl halides is 6. The number of hydrogen-bond acceptors (Lipinski definition) is 4. The van der Waals surface area contributed by atoms with Gasteiger partial charge in [0.05, 0.1) is 23.9 Å². The van der Waals surface area contributed by atoms with Crippen LogP contribution >= 0.6 is 0 Å². The first-order chi connectivity index (χ1) is 9.79. The third kappa shape index (κ3) is 3.81. The van der Waals surface area contributed by atoms with Crippen LogP contribution in [0.25, 0.3) is 0 Å². The van der Waals surface area contributed by atoms with Gasteiger partial charge in [0.25, 0.3) is 0 Å². The quantitative estimate of drug-likeness (QED) is 0.671. The molecule has 0 aliphatic rings. The van der Waals surface area contributed by atoms with Crippen LogP contribution in [0.15, 0.2) is 18.2 Å². The van der Waals surface area contributed by atoms with E-state index in [1.165, 1.54) is 0 Å². The molecule has 0 spiro atoms. The Labute approximate surface area is 119 Å². The standard InChI is InChI=1S/C10H7F6NO4S/c1-21-8(18)6-4-5(9(11,12)13)2-3-7(6)17-22(19,20)10(14,15)16/h2-4,17H,1H3.